The van der Waals surface area contributed by atoms with Crippen molar-refractivity contribution in [3.05, 3.63) is 37.0 Å². The van der Waals surface area contributed by atoms with E-state index < -0.39 is 0 Å². The number of allylic oxidation sites excluding steroid dienone is 5. The molecule has 0 aromatic carbocycles. The number of rotatable bonds is 7. The van der Waals surface area contributed by atoms with Crippen LogP contribution in [0, 0.1) is 0 Å². The predicted octanol–water partition coefficient (Wildman–Crippen LogP) is 3.23. The van der Waals surface area contributed by atoms with E-state index in [0.29, 0.717) is 0 Å². The van der Waals surface area contributed by atoms with E-state index in [0.717, 1.165) is 25.7 Å². The zero-order valence-corrected chi connectivity index (χ0v) is 8.45. The summed E-state index contributed by atoms with van der Waals surface area (Å²) in [6.07, 6.45) is 13.9. The summed E-state index contributed by atoms with van der Waals surface area (Å²) in [5.74, 6) is 0. The third-order valence-corrected chi connectivity index (χ3v) is 1.74. The van der Waals surface area contributed by atoms with Gasteiger partial charge >= 0.3 is 0 Å². The second-order valence-corrected chi connectivity index (χ2v) is 3.18. The van der Waals surface area contributed by atoms with Crippen molar-refractivity contribution in [1.82, 2.24) is 0 Å². The number of hydrogen-bond donors (Lipinski definition) is 1. The molecule has 1 heteroatoms. The molecule has 0 spiro atoms. The van der Waals surface area contributed by atoms with E-state index in [1.165, 1.54) is 0 Å². The van der Waals surface area contributed by atoms with Crippen molar-refractivity contribution < 1.29 is 5.11 Å². The predicted molar refractivity (Wildman–Crippen MR) is 58.6 cm³/mol. The molecule has 0 saturated heterocycles. The van der Waals surface area contributed by atoms with Crippen LogP contribution in [0.2, 0.25) is 0 Å². The summed E-state index contributed by atoms with van der Waals surface area (Å²) in [5.41, 5.74) is 0. The fourth-order valence-electron chi connectivity index (χ4n) is 1.02. The average Bonchev–Trinajstić information content (AvgIpc) is 2.09. The van der Waals surface area contributed by atoms with Crippen LogP contribution in [0.3, 0.4) is 0 Å². The maximum absolute atomic E-state index is 8.98. The minimum atomic E-state index is -0.148. The summed E-state index contributed by atoms with van der Waals surface area (Å²) >= 11 is 0. The number of hydrogen-bond acceptors (Lipinski definition) is 1. The molecule has 0 heterocycles. The van der Waals surface area contributed by atoms with Crippen molar-refractivity contribution in [1.29, 1.82) is 0 Å². The lowest BCUT2D eigenvalue weighted by Gasteiger charge is -2.00. The Bertz CT molecular complexity index is 166. The fraction of sp³-hybridized carbons (Fsp3) is 0.500. The number of aliphatic hydroxyl groups is 1. The van der Waals surface area contributed by atoms with E-state index in [9.17, 15) is 0 Å². The minimum absolute atomic E-state index is 0.148. The summed E-state index contributed by atoms with van der Waals surface area (Å²) in [4.78, 5) is 0. The molecule has 0 aliphatic carbocycles. The monoisotopic (exact) mass is 180 g/mol. The molecule has 13 heavy (non-hydrogen) atoms. The van der Waals surface area contributed by atoms with Crippen molar-refractivity contribution in [3.63, 3.8) is 0 Å². The lowest BCUT2D eigenvalue weighted by Crippen LogP contribution is -1.97. The molecule has 1 unspecified atom stereocenters. The first-order valence-corrected chi connectivity index (χ1v) is 4.89. The molecule has 0 aliphatic heterocycles. The standard InChI is InChI=1S/C12H20O/c1-3-4-5-6-7-8-9-10-11-12(2)13/h3-7,12-13H,1,8-11H2,2H3. The first kappa shape index (κ1) is 12.2. The molecule has 0 fully saturated rings. The van der Waals surface area contributed by atoms with E-state index in [-0.39, 0.29) is 6.10 Å². The quantitative estimate of drug-likeness (QED) is 0.471. The van der Waals surface area contributed by atoms with Crippen molar-refractivity contribution in [2.75, 3.05) is 0 Å². The molecule has 0 bridgehead atoms. The van der Waals surface area contributed by atoms with Gasteiger partial charge in [-0.2, -0.15) is 0 Å². The highest BCUT2D eigenvalue weighted by Crippen LogP contribution is 2.03. The zero-order chi connectivity index (χ0) is 9.94. The molecule has 0 radical (unpaired) electrons. The molecule has 0 aromatic heterocycles. The zero-order valence-electron chi connectivity index (χ0n) is 8.45. The molecule has 0 amide bonds. The summed E-state index contributed by atoms with van der Waals surface area (Å²) < 4.78 is 0. The Morgan fingerprint density at radius 3 is 2.62 bits per heavy atom. The first-order chi connectivity index (χ1) is 6.27. The third-order valence-electron chi connectivity index (χ3n) is 1.74. The lowest BCUT2D eigenvalue weighted by molar-refractivity contribution is 0.181. The molecule has 0 aliphatic rings. The molecule has 1 nitrogen and oxygen atoms in total. The smallest absolute Gasteiger partial charge is 0.0512 e. The highest BCUT2D eigenvalue weighted by molar-refractivity contribution is 5.08. The van der Waals surface area contributed by atoms with E-state index in [2.05, 4.69) is 12.7 Å². The molecule has 1 N–H and O–H groups in total. The van der Waals surface area contributed by atoms with Crippen LogP contribution in [0.25, 0.3) is 0 Å². The topological polar surface area (TPSA) is 20.2 Å². The van der Waals surface area contributed by atoms with E-state index in [1.54, 1.807) is 6.08 Å². The van der Waals surface area contributed by atoms with Gasteiger partial charge in [-0.3, -0.25) is 0 Å². The van der Waals surface area contributed by atoms with Crippen LogP contribution in [-0.2, 0) is 0 Å². The van der Waals surface area contributed by atoms with Gasteiger partial charge < -0.3 is 5.11 Å². The molecular weight excluding hydrogens is 160 g/mol. The average molecular weight is 180 g/mol. The van der Waals surface area contributed by atoms with Gasteiger partial charge in [-0.1, -0.05) is 43.4 Å². The van der Waals surface area contributed by atoms with Crippen LogP contribution in [0.5, 0.6) is 0 Å². The summed E-state index contributed by atoms with van der Waals surface area (Å²) in [7, 11) is 0. The van der Waals surface area contributed by atoms with Gasteiger partial charge in [-0.15, -0.1) is 0 Å². The molecule has 0 rings (SSSR count). The van der Waals surface area contributed by atoms with Crippen molar-refractivity contribution in [3.8, 4) is 0 Å². The second kappa shape index (κ2) is 9.27. The molecule has 74 valence electrons. The van der Waals surface area contributed by atoms with Gasteiger partial charge in [0.25, 0.3) is 0 Å². The van der Waals surface area contributed by atoms with Gasteiger partial charge in [0.15, 0.2) is 0 Å². The second-order valence-electron chi connectivity index (χ2n) is 3.18. The Morgan fingerprint density at radius 1 is 1.23 bits per heavy atom. The summed E-state index contributed by atoms with van der Waals surface area (Å²) in [6.45, 7) is 5.41. The Hall–Kier alpha value is -0.820. The van der Waals surface area contributed by atoms with Crippen LogP contribution in [-0.4, -0.2) is 11.2 Å². The Balaban J connectivity index is 3.20. The molecule has 0 saturated carbocycles. The van der Waals surface area contributed by atoms with Crippen molar-refractivity contribution in [2.24, 2.45) is 0 Å². The number of aliphatic hydroxyl groups excluding tert-OH is 1. The summed E-state index contributed by atoms with van der Waals surface area (Å²) in [6, 6.07) is 0. The van der Waals surface area contributed by atoms with Crippen LogP contribution in [0.4, 0.5) is 0 Å². The van der Waals surface area contributed by atoms with Gasteiger partial charge in [0.2, 0.25) is 0 Å². The Labute approximate surface area is 81.5 Å². The van der Waals surface area contributed by atoms with E-state index >= 15 is 0 Å². The van der Waals surface area contributed by atoms with Crippen molar-refractivity contribution in [2.45, 2.75) is 38.7 Å². The molecular formula is C12H20O. The third kappa shape index (κ3) is 11.2. The Kier molecular flexibility index (Phi) is 8.68. The maximum atomic E-state index is 8.98. The normalized spacial score (nSPS) is 14.0. The largest absolute Gasteiger partial charge is 0.393 e. The van der Waals surface area contributed by atoms with Gasteiger partial charge in [-0.25, -0.2) is 0 Å². The van der Waals surface area contributed by atoms with Crippen LogP contribution in [0.1, 0.15) is 32.6 Å². The SMILES string of the molecule is C=CC=CC=CCCCCC(C)O. The minimum Gasteiger partial charge on any atom is -0.393 e. The van der Waals surface area contributed by atoms with E-state index in [1.807, 2.05) is 25.2 Å². The first-order valence-electron chi connectivity index (χ1n) is 4.89. The van der Waals surface area contributed by atoms with Crippen LogP contribution in [0.15, 0.2) is 37.0 Å². The van der Waals surface area contributed by atoms with E-state index in [4.69, 9.17) is 5.11 Å². The van der Waals surface area contributed by atoms with Crippen LogP contribution >= 0.6 is 0 Å². The highest BCUT2D eigenvalue weighted by Gasteiger charge is 1.92. The maximum Gasteiger partial charge on any atom is 0.0512 e. The number of unbranched alkanes of at least 4 members (excludes halogenated alkanes) is 2. The highest BCUT2D eigenvalue weighted by atomic mass is 16.3. The van der Waals surface area contributed by atoms with Gasteiger partial charge in [-0.05, 0) is 26.2 Å². The van der Waals surface area contributed by atoms with Crippen molar-refractivity contribution >= 4 is 0 Å². The van der Waals surface area contributed by atoms with Crippen LogP contribution < -0.4 is 0 Å². The Morgan fingerprint density at radius 2 is 2.00 bits per heavy atom. The lowest BCUT2D eigenvalue weighted by atomic mass is 10.1. The van der Waals surface area contributed by atoms with Gasteiger partial charge in [0, 0.05) is 0 Å². The molecule has 1 atom stereocenters. The van der Waals surface area contributed by atoms with Gasteiger partial charge in [0.05, 0.1) is 6.10 Å². The fourth-order valence-corrected chi connectivity index (χ4v) is 1.02. The molecule has 0 aromatic rings. The van der Waals surface area contributed by atoms with Gasteiger partial charge in [0.1, 0.15) is 0 Å². The summed E-state index contributed by atoms with van der Waals surface area (Å²) in [5, 5.41) is 8.98.